The van der Waals surface area contributed by atoms with E-state index in [1.807, 2.05) is 54.6 Å². The Bertz CT molecular complexity index is 1890. The van der Waals surface area contributed by atoms with Gasteiger partial charge in [-0.2, -0.15) is 35.9 Å². The van der Waals surface area contributed by atoms with Crippen molar-refractivity contribution < 1.29 is 48.7 Å². The molecule has 0 atom stereocenters. The van der Waals surface area contributed by atoms with Gasteiger partial charge in [-0.25, -0.2) is 12.1 Å². The van der Waals surface area contributed by atoms with E-state index in [1.54, 1.807) is 0 Å². The molecule has 0 fully saturated rings. The predicted octanol–water partition coefficient (Wildman–Crippen LogP) is 8.36. The maximum absolute atomic E-state index is 3.69. The summed E-state index contributed by atoms with van der Waals surface area (Å²) < 4.78 is 3.39. The van der Waals surface area contributed by atoms with Crippen molar-refractivity contribution in [1.82, 2.24) is 0 Å². The molecule has 0 heterocycles. The van der Waals surface area contributed by atoms with Crippen LogP contribution in [0.2, 0.25) is 0 Å². The van der Waals surface area contributed by atoms with Gasteiger partial charge in [-0.05, 0) is 57.7 Å². The molecular formula is C53H56Cl2Hf-2. The summed E-state index contributed by atoms with van der Waals surface area (Å²) >= 11 is 1.06. The quantitative estimate of drug-likeness (QED) is 0.121. The van der Waals surface area contributed by atoms with Gasteiger partial charge in [0, 0.05) is 0 Å². The molecule has 1 aliphatic rings. The van der Waals surface area contributed by atoms with Crippen molar-refractivity contribution in [3.8, 4) is 33.4 Å². The van der Waals surface area contributed by atoms with Gasteiger partial charge in [0.2, 0.25) is 0 Å². The van der Waals surface area contributed by atoms with Crippen molar-refractivity contribution in [3.63, 3.8) is 0 Å². The maximum atomic E-state index is 3.69. The second kappa shape index (κ2) is 23.3. The number of fused-ring (bicyclic) bond motifs is 3. The van der Waals surface area contributed by atoms with E-state index in [0.29, 0.717) is 0 Å². The number of benzene rings is 6. The van der Waals surface area contributed by atoms with Gasteiger partial charge in [-0.3, -0.25) is 0 Å². The SMILES string of the molecule is Cc1[c-]c2c(cc1C(C)(C)C)-c1cc(C(C)(C)C)c(C)cc1C2.[CH2]=[Hf+2].[Cl-].[Cl-].c1cc[cH-]c1.c1ccc(-c2ccccc2)cc1.c1ccc(-c2ccccc2)cc1. The summed E-state index contributed by atoms with van der Waals surface area (Å²) in [6, 6.07) is 62.5. The Morgan fingerprint density at radius 2 is 0.857 bits per heavy atom. The topological polar surface area (TPSA) is 0 Å². The minimum atomic E-state index is 0. The van der Waals surface area contributed by atoms with Gasteiger partial charge >= 0.3 is 28.2 Å². The summed E-state index contributed by atoms with van der Waals surface area (Å²) in [6.07, 6.45) is 1.03. The largest absolute Gasteiger partial charge is 1.00 e. The Morgan fingerprint density at radius 1 is 0.500 bits per heavy atom. The van der Waals surface area contributed by atoms with E-state index in [0.717, 1.165) is 30.3 Å². The molecule has 0 aliphatic heterocycles. The van der Waals surface area contributed by atoms with Crippen LogP contribution in [-0.4, -0.2) is 4.26 Å². The predicted molar refractivity (Wildman–Crippen MR) is 233 cm³/mol. The molecule has 0 nitrogen and oxygen atoms in total. The third-order valence-corrected chi connectivity index (χ3v) is 9.40. The summed E-state index contributed by atoms with van der Waals surface area (Å²) in [4.78, 5) is 0. The first-order chi connectivity index (χ1) is 25.9. The fraction of sp³-hybridized carbons (Fsp3) is 0.208. The summed E-state index contributed by atoms with van der Waals surface area (Å²) in [7, 11) is 0. The molecule has 56 heavy (non-hydrogen) atoms. The molecule has 3 heteroatoms. The molecule has 0 spiro atoms. The van der Waals surface area contributed by atoms with Crippen LogP contribution in [0.3, 0.4) is 0 Å². The van der Waals surface area contributed by atoms with Crippen LogP contribution in [0.1, 0.15) is 74.9 Å². The molecule has 0 unspecified atom stereocenters. The van der Waals surface area contributed by atoms with E-state index < -0.39 is 0 Å². The van der Waals surface area contributed by atoms with Crippen LogP contribution >= 0.6 is 0 Å². The van der Waals surface area contributed by atoms with Gasteiger partial charge in [0.1, 0.15) is 0 Å². The molecule has 1 aliphatic carbocycles. The minimum Gasteiger partial charge on any atom is -1.00 e. The molecule has 0 N–H and O–H groups in total. The molecule has 8 rings (SSSR count). The van der Waals surface area contributed by atoms with Crippen LogP contribution in [0.25, 0.3) is 33.4 Å². The molecular weight excluding hydrogens is 886 g/mol. The standard InChI is InChI=1S/C23H29.2C12H10.C5H5.CH2.2ClH.Hf/c1-14-9-16-11-17-10-15(2)21(23(6,7)8)13-19(17)18(16)12-20(14)22(3,4)5;2*1-3-7-11(8-4-1)12-9-5-2-6-10-12;1-2-4-5-3-1;;;;/h9,12-13H,11H2,1-8H3;2*1-10H;1-5H;1H2;2*1H;/q-1;;;-1;;;;+2/p-2. The molecule has 0 aromatic heterocycles. The van der Waals surface area contributed by atoms with Crippen molar-refractivity contribution in [1.29, 1.82) is 0 Å². The van der Waals surface area contributed by atoms with Gasteiger partial charge in [-0.1, -0.05) is 193 Å². The first kappa shape index (κ1) is 48.1. The van der Waals surface area contributed by atoms with Gasteiger partial charge in [0.15, 0.2) is 0 Å². The number of hydrogen-bond donors (Lipinski definition) is 0. The molecule has 0 amide bonds. The van der Waals surface area contributed by atoms with Crippen LogP contribution in [0.15, 0.2) is 170 Å². The average Bonchev–Trinajstić information content (AvgIpc) is 3.88. The number of aryl methyl sites for hydroxylation is 2. The van der Waals surface area contributed by atoms with E-state index >= 15 is 0 Å². The molecule has 288 valence electrons. The number of hydrogen-bond acceptors (Lipinski definition) is 0. The van der Waals surface area contributed by atoms with Crippen molar-refractivity contribution >= 4 is 4.26 Å². The van der Waals surface area contributed by atoms with Gasteiger partial charge in [-0.15, -0.1) is 16.7 Å². The minimum absolute atomic E-state index is 0. The Morgan fingerprint density at radius 3 is 1.18 bits per heavy atom. The van der Waals surface area contributed by atoms with E-state index in [4.69, 9.17) is 0 Å². The first-order valence-electron chi connectivity index (χ1n) is 18.9. The van der Waals surface area contributed by atoms with Crippen LogP contribution in [0, 0.1) is 19.9 Å². The fourth-order valence-corrected chi connectivity index (χ4v) is 6.87. The zero-order chi connectivity index (χ0) is 39.1. The number of halogens is 2. The smallest absolute Gasteiger partial charge is 0.0184 e. The normalized spacial score (nSPS) is 10.7. The number of rotatable bonds is 2. The van der Waals surface area contributed by atoms with Gasteiger partial charge in [0.25, 0.3) is 0 Å². The Balaban J connectivity index is 0.000000278. The Kier molecular flexibility index (Phi) is 20.0. The third kappa shape index (κ3) is 13.9. The zero-order valence-corrected chi connectivity index (χ0v) is 39.4. The summed E-state index contributed by atoms with van der Waals surface area (Å²) in [6.45, 7) is 18.2. The van der Waals surface area contributed by atoms with E-state index in [9.17, 15) is 0 Å². The first-order valence-corrected chi connectivity index (χ1v) is 21.4. The van der Waals surface area contributed by atoms with E-state index in [1.165, 1.54) is 66.8 Å². The second-order valence-electron chi connectivity index (χ2n) is 15.6. The Hall–Kier alpha value is -4.01. The van der Waals surface area contributed by atoms with Gasteiger partial charge in [0.05, 0.1) is 0 Å². The van der Waals surface area contributed by atoms with Crippen LogP contribution in [-0.2, 0) is 41.1 Å². The van der Waals surface area contributed by atoms with E-state index in [2.05, 4.69) is 181 Å². The van der Waals surface area contributed by atoms with Crippen molar-refractivity contribution in [3.05, 3.63) is 209 Å². The molecule has 7 aromatic carbocycles. The van der Waals surface area contributed by atoms with Crippen molar-refractivity contribution in [2.75, 3.05) is 0 Å². The monoisotopic (exact) mass is 942 g/mol. The maximum Gasteiger partial charge on any atom is -0.0184 e. The van der Waals surface area contributed by atoms with Crippen molar-refractivity contribution in [2.45, 2.75) is 72.6 Å². The summed E-state index contributed by atoms with van der Waals surface area (Å²) in [5, 5.41) is 0. The van der Waals surface area contributed by atoms with Crippen LogP contribution in [0.4, 0.5) is 0 Å². The fourth-order valence-electron chi connectivity index (χ4n) is 6.87. The summed E-state index contributed by atoms with van der Waals surface area (Å²) in [5.41, 5.74) is 16.7. The second-order valence-corrected chi connectivity index (χ2v) is 15.6. The van der Waals surface area contributed by atoms with Crippen molar-refractivity contribution in [2.24, 2.45) is 0 Å². The third-order valence-electron chi connectivity index (χ3n) is 9.40. The average molecular weight is 942 g/mol. The molecule has 7 aromatic rings. The molecule has 0 bridgehead atoms. The Labute approximate surface area is 365 Å². The zero-order valence-electron chi connectivity index (χ0n) is 34.3. The molecule has 0 saturated heterocycles. The van der Waals surface area contributed by atoms with Crippen LogP contribution in [0.5, 0.6) is 0 Å². The van der Waals surface area contributed by atoms with Gasteiger partial charge < -0.3 is 24.8 Å². The van der Waals surface area contributed by atoms with Crippen LogP contribution < -0.4 is 24.8 Å². The molecule has 0 radical (unpaired) electrons. The summed E-state index contributed by atoms with van der Waals surface area (Å²) in [5.74, 6) is 0. The van der Waals surface area contributed by atoms with E-state index in [-0.39, 0.29) is 35.6 Å². The molecule has 0 saturated carbocycles.